The summed E-state index contributed by atoms with van der Waals surface area (Å²) in [6.07, 6.45) is 2.23. The van der Waals surface area contributed by atoms with Crippen LogP contribution in [-0.2, 0) is 9.53 Å². The van der Waals surface area contributed by atoms with Gasteiger partial charge in [-0.05, 0) is 30.7 Å². The second-order valence-electron chi connectivity index (χ2n) is 3.66. The van der Waals surface area contributed by atoms with Crippen molar-refractivity contribution in [1.29, 1.82) is 0 Å². The fraction of sp³-hybridized carbons (Fsp3) is 0.308. The summed E-state index contributed by atoms with van der Waals surface area (Å²) in [5.41, 5.74) is 1.84. The average molecular weight is 253 g/mol. The van der Waals surface area contributed by atoms with Crippen molar-refractivity contribution in [3.63, 3.8) is 0 Å². The molecule has 1 aliphatic heterocycles. The first-order valence-electron chi connectivity index (χ1n) is 5.50. The first-order chi connectivity index (χ1) is 8.20. The van der Waals surface area contributed by atoms with E-state index in [2.05, 4.69) is 0 Å². The van der Waals surface area contributed by atoms with Gasteiger partial charge in [0.25, 0.3) is 0 Å². The molecule has 0 fully saturated rings. The molecule has 3 nitrogen and oxygen atoms in total. The molecule has 0 unspecified atom stereocenters. The number of rotatable bonds is 2. The summed E-state index contributed by atoms with van der Waals surface area (Å²) in [6, 6.07) is 5.41. The SMILES string of the molecule is CCOC(=O)/C=C1\CCOc2cc(Cl)ccc21. The Balaban J connectivity index is 2.31. The number of carbonyl (C=O) groups is 1. The fourth-order valence-corrected chi connectivity index (χ4v) is 1.92. The van der Waals surface area contributed by atoms with Crippen LogP contribution in [0.15, 0.2) is 24.3 Å². The van der Waals surface area contributed by atoms with E-state index in [1.54, 1.807) is 19.1 Å². The summed E-state index contributed by atoms with van der Waals surface area (Å²) < 4.78 is 10.4. The molecule has 1 aromatic carbocycles. The van der Waals surface area contributed by atoms with Crippen LogP contribution in [-0.4, -0.2) is 19.2 Å². The van der Waals surface area contributed by atoms with E-state index >= 15 is 0 Å². The number of halogens is 1. The van der Waals surface area contributed by atoms with Crippen LogP contribution in [0.5, 0.6) is 5.75 Å². The first-order valence-corrected chi connectivity index (χ1v) is 5.88. The molecule has 0 aliphatic carbocycles. The highest BCUT2D eigenvalue weighted by Crippen LogP contribution is 2.34. The molecular formula is C13H13ClO3. The molecule has 0 spiro atoms. The van der Waals surface area contributed by atoms with E-state index in [-0.39, 0.29) is 5.97 Å². The van der Waals surface area contributed by atoms with Crippen molar-refractivity contribution in [3.05, 3.63) is 34.9 Å². The third-order valence-corrected chi connectivity index (χ3v) is 2.73. The molecule has 0 amide bonds. The summed E-state index contributed by atoms with van der Waals surface area (Å²) in [4.78, 5) is 11.4. The summed E-state index contributed by atoms with van der Waals surface area (Å²) in [7, 11) is 0. The minimum atomic E-state index is -0.315. The molecular weight excluding hydrogens is 240 g/mol. The van der Waals surface area contributed by atoms with E-state index in [1.807, 2.05) is 6.07 Å². The minimum absolute atomic E-state index is 0.315. The maximum atomic E-state index is 11.4. The molecule has 0 bridgehead atoms. The Hall–Kier alpha value is -1.48. The van der Waals surface area contributed by atoms with E-state index in [4.69, 9.17) is 21.1 Å². The van der Waals surface area contributed by atoms with E-state index in [9.17, 15) is 4.79 Å². The number of carbonyl (C=O) groups excluding carboxylic acids is 1. The molecule has 1 aliphatic rings. The Bertz CT molecular complexity index is 466. The van der Waals surface area contributed by atoms with Crippen molar-refractivity contribution in [2.75, 3.05) is 13.2 Å². The van der Waals surface area contributed by atoms with Crippen LogP contribution in [0.2, 0.25) is 5.02 Å². The maximum absolute atomic E-state index is 11.4. The molecule has 0 N–H and O–H groups in total. The molecule has 1 heterocycles. The Morgan fingerprint density at radius 1 is 1.59 bits per heavy atom. The number of hydrogen-bond acceptors (Lipinski definition) is 3. The van der Waals surface area contributed by atoms with Crippen molar-refractivity contribution in [2.24, 2.45) is 0 Å². The second kappa shape index (κ2) is 5.23. The summed E-state index contributed by atoms with van der Waals surface area (Å²) in [5, 5.41) is 0.626. The lowest BCUT2D eigenvalue weighted by atomic mass is 9.99. The van der Waals surface area contributed by atoms with Crippen LogP contribution in [0, 0.1) is 0 Å². The number of esters is 1. The van der Waals surface area contributed by atoms with Crippen LogP contribution in [0.4, 0.5) is 0 Å². The molecule has 0 saturated carbocycles. The van der Waals surface area contributed by atoms with Gasteiger partial charge in [-0.15, -0.1) is 0 Å². The number of fused-ring (bicyclic) bond motifs is 1. The molecule has 0 atom stereocenters. The predicted molar refractivity (Wildman–Crippen MR) is 66.2 cm³/mol. The Kier molecular flexibility index (Phi) is 3.69. The largest absolute Gasteiger partial charge is 0.493 e. The van der Waals surface area contributed by atoms with Crippen molar-refractivity contribution in [3.8, 4) is 5.75 Å². The topological polar surface area (TPSA) is 35.5 Å². The number of ether oxygens (including phenoxy) is 2. The third-order valence-electron chi connectivity index (χ3n) is 2.50. The van der Waals surface area contributed by atoms with Gasteiger partial charge in [-0.25, -0.2) is 4.79 Å². The zero-order valence-electron chi connectivity index (χ0n) is 9.53. The van der Waals surface area contributed by atoms with Crippen LogP contribution in [0.25, 0.3) is 5.57 Å². The lowest BCUT2D eigenvalue weighted by Gasteiger charge is -2.20. The molecule has 0 saturated heterocycles. The van der Waals surface area contributed by atoms with Gasteiger partial charge in [0, 0.05) is 23.1 Å². The quantitative estimate of drug-likeness (QED) is 0.599. The highest BCUT2D eigenvalue weighted by Gasteiger charge is 2.16. The van der Waals surface area contributed by atoms with Gasteiger partial charge < -0.3 is 9.47 Å². The lowest BCUT2D eigenvalue weighted by Crippen LogP contribution is -2.09. The molecule has 0 aromatic heterocycles. The predicted octanol–water partition coefficient (Wildman–Crippen LogP) is 3.07. The monoisotopic (exact) mass is 252 g/mol. The number of hydrogen-bond donors (Lipinski definition) is 0. The standard InChI is InChI=1S/C13H13ClO3/c1-2-16-13(15)7-9-5-6-17-12-8-10(14)3-4-11(9)12/h3-4,7-8H,2,5-6H2,1H3/b9-7+. The zero-order valence-corrected chi connectivity index (χ0v) is 10.3. The van der Waals surface area contributed by atoms with Gasteiger partial charge in [0.1, 0.15) is 5.75 Å². The molecule has 90 valence electrons. The summed E-state index contributed by atoms with van der Waals surface area (Å²) in [6.45, 7) is 2.72. The Morgan fingerprint density at radius 2 is 2.41 bits per heavy atom. The van der Waals surface area contributed by atoms with E-state index in [0.717, 1.165) is 16.9 Å². The number of benzene rings is 1. The van der Waals surface area contributed by atoms with Crippen molar-refractivity contribution >= 4 is 23.1 Å². The first kappa shape index (κ1) is 12.0. The average Bonchev–Trinajstić information content (AvgIpc) is 2.29. The Labute approximate surface area is 105 Å². The van der Waals surface area contributed by atoms with E-state index in [0.29, 0.717) is 24.7 Å². The van der Waals surface area contributed by atoms with Gasteiger partial charge in [-0.1, -0.05) is 11.6 Å². The van der Waals surface area contributed by atoms with E-state index in [1.165, 1.54) is 6.08 Å². The van der Waals surface area contributed by atoms with Gasteiger partial charge >= 0.3 is 5.97 Å². The molecule has 0 radical (unpaired) electrons. The van der Waals surface area contributed by atoms with Crippen LogP contribution in [0.1, 0.15) is 18.9 Å². The van der Waals surface area contributed by atoms with E-state index < -0.39 is 0 Å². The van der Waals surface area contributed by atoms with Crippen molar-refractivity contribution in [1.82, 2.24) is 0 Å². The summed E-state index contributed by atoms with van der Waals surface area (Å²) in [5.74, 6) is 0.407. The van der Waals surface area contributed by atoms with Crippen molar-refractivity contribution < 1.29 is 14.3 Å². The third kappa shape index (κ3) is 2.80. The van der Waals surface area contributed by atoms with Crippen molar-refractivity contribution in [2.45, 2.75) is 13.3 Å². The van der Waals surface area contributed by atoms with Gasteiger partial charge in [0.05, 0.1) is 13.2 Å². The maximum Gasteiger partial charge on any atom is 0.331 e. The Morgan fingerprint density at radius 3 is 3.18 bits per heavy atom. The molecule has 17 heavy (non-hydrogen) atoms. The van der Waals surface area contributed by atoms with Gasteiger partial charge in [-0.3, -0.25) is 0 Å². The molecule has 4 heteroatoms. The lowest BCUT2D eigenvalue weighted by molar-refractivity contribution is -0.137. The van der Waals surface area contributed by atoms with Crippen LogP contribution >= 0.6 is 11.6 Å². The normalized spacial score (nSPS) is 16.2. The fourth-order valence-electron chi connectivity index (χ4n) is 1.76. The van der Waals surface area contributed by atoms with Gasteiger partial charge in [-0.2, -0.15) is 0 Å². The highest BCUT2D eigenvalue weighted by atomic mass is 35.5. The van der Waals surface area contributed by atoms with Gasteiger partial charge in [0.15, 0.2) is 0 Å². The molecule has 2 rings (SSSR count). The zero-order chi connectivity index (χ0) is 12.3. The second-order valence-corrected chi connectivity index (χ2v) is 4.10. The van der Waals surface area contributed by atoms with Gasteiger partial charge in [0.2, 0.25) is 0 Å². The van der Waals surface area contributed by atoms with Crippen LogP contribution in [0.3, 0.4) is 0 Å². The minimum Gasteiger partial charge on any atom is -0.493 e. The summed E-state index contributed by atoms with van der Waals surface area (Å²) >= 11 is 5.89. The smallest absolute Gasteiger partial charge is 0.331 e. The highest BCUT2D eigenvalue weighted by molar-refractivity contribution is 6.30. The molecule has 1 aromatic rings. The van der Waals surface area contributed by atoms with Crippen LogP contribution < -0.4 is 4.74 Å².